The zero-order chi connectivity index (χ0) is 21.4. The van der Waals surface area contributed by atoms with Crippen LogP contribution < -0.4 is 11.1 Å². The van der Waals surface area contributed by atoms with Crippen LogP contribution in [0.1, 0.15) is 45.6 Å². The van der Waals surface area contributed by atoms with Crippen molar-refractivity contribution in [2.75, 3.05) is 5.32 Å². The molecule has 152 valence electrons. The maximum Gasteiger partial charge on any atom is 0.269 e. The number of nitrogens with two attached hydrogens (primary N) is 1. The lowest BCUT2D eigenvalue weighted by Gasteiger charge is -2.11. The Balaban J connectivity index is 1.85. The second-order valence-corrected chi connectivity index (χ2v) is 8.39. The molecule has 4 heterocycles. The third kappa shape index (κ3) is 3.55. The molecule has 0 bridgehead atoms. The van der Waals surface area contributed by atoms with Gasteiger partial charge in [0.1, 0.15) is 0 Å². The Labute approximate surface area is 176 Å². The van der Waals surface area contributed by atoms with E-state index in [1.807, 2.05) is 32.9 Å². The van der Waals surface area contributed by atoms with Crippen molar-refractivity contribution >= 4 is 39.9 Å². The number of amides is 2. The van der Waals surface area contributed by atoms with E-state index < -0.39 is 11.8 Å². The molecule has 0 radical (unpaired) electrons. The van der Waals surface area contributed by atoms with Crippen molar-refractivity contribution in [3.05, 3.63) is 58.9 Å². The molecular weight excluding hydrogens is 400 g/mol. The van der Waals surface area contributed by atoms with Gasteiger partial charge in [-0.1, -0.05) is 0 Å². The molecule has 0 saturated carbocycles. The monoisotopic (exact) mass is 420 g/mol. The molecule has 0 unspecified atom stereocenters. The first-order valence-electron chi connectivity index (χ1n) is 9.36. The van der Waals surface area contributed by atoms with E-state index in [2.05, 4.69) is 15.4 Å². The number of carbonyl (C=O) groups excluding carboxylic acids is 2. The first-order valence-corrected chi connectivity index (χ1v) is 10.2. The molecular formula is C21H20N6O2S. The third-order valence-electron chi connectivity index (χ3n) is 4.58. The first kappa shape index (κ1) is 19.7. The van der Waals surface area contributed by atoms with Crippen molar-refractivity contribution in [1.82, 2.24) is 19.7 Å². The minimum Gasteiger partial charge on any atom is -0.364 e. The summed E-state index contributed by atoms with van der Waals surface area (Å²) >= 11 is 1.60. The summed E-state index contributed by atoms with van der Waals surface area (Å²) in [6.45, 7) is 6.03. The molecule has 0 fully saturated rings. The van der Waals surface area contributed by atoms with Crippen LogP contribution in [0.2, 0.25) is 0 Å². The van der Waals surface area contributed by atoms with Gasteiger partial charge in [-0.2, -0.15) is 5.10 Å². The summed E-state index contributed by atoms with van der Waals surface area (Å²) in [5, 5.41) is 7.81. The molecule has 0 aromatic carbocycles. The molecule has 0 spiro atoms. The van der Waals surface area contributed by atoms with Gasteiger partial charge in [-0.25, -0.2) is 14.6 Å². The van der Waals surface area contributed by atoms with Gasteiger partial charge in [0.2, 0.25) is 0 Å². The fourth-order valence-corrected chi connectivity index (χ4v) is 4.00. The van der Waals surface area contributed by atoms with Gasteiger partial charge in [-0.3, -0.25) is 9.59 Å². The Kier molecular flexibility index (Phi) is 5.04. The van der Waals surface area contributed by atoms with Crippen LogP contribution >= 0.6 is 11.3 Å². The van der Waals surface area contributed by atoms with Crippen molar-refractivity contribution in [1.29, 1.82) is 0 Å². The molecule has 0 aliphatic heterocycles. The van der Waals surface area contributed by atoms with Gasteiger partial charge in [-0.15, -0.1) is 11.3 Å². The molecule has 4 aromatic heterocycles. The highest BCUT2D eigenvalue weighted by molar-refractivity contribution is 7.15. The lowest BCUT2D eigenvalue weighted by Crippen LogP contribution is -2.20. The standard InChI is InChI=1S/C21H20N6O2S/c1-11(2)27-20-14(10-24-27)13(9-16(25-20)17-7-6-12(3)30-17)21(29)26-15-5-4-8-23-18(15)19(22)28/h4-11H,1-3H3,(H2,22,28)(H,26,29). The Morgan fingerprint density at radius 3 is 2.70 bits per heavy atom. The summed E-state index contributed by atoms with van der Waals surface area (Å²) in [6, 6.07) is 9.03. The predicted molar refractivity (Wildman–Crippen MR) is 117 cm³/mol. The van der Waals surface area contributed by atoms with E-state index >= 15 is 0 Å². The fourth-order valence-electron chi connectivity index (χ4n) is 3.17. The van der Waals surface area contributed by atoms with Crippen LogP contribution in [0.25, 0.3) is 21.6 Å². The number of nitrogens with zero attached hydrogens (tertiary/aromatic N) is 4. The number of anilines is 1. The molecule has 0 aliphatic rings. The molecule has 0 atom stereocenters. The van der Waals surface area contributed by atoms with Gasteiger partial charge in [0.25, 0.3) is 11.8 Å². The van der Waals surface area contributed by atoms with E-state index in [1.54, 1.807) is 40.4 Å². The minimum atomic E-state index is -0.715. The van der Waals surface area contributed by atoms with E-state index in [0.717, 1.165) is 9.75 Å². The molecule has 30 heavy (non-hydrogen) atoms. The van der Waals surface area contributed by atoms with E-state index in [0.29, 0.717) is 22.3 Å². The van der Waals surface area contributed by atoms with Gasteiger partial charge in [-0.05, 0) is 51.1 Å². The van der Waals surface area contributed by atoms with Crippen LogP contribution in [0.4, 0.5) is 5.69 Å². The highest BCUT2D eigenvalue weighted by Gasteiger charge is 2.20. The quantitative estimate of drug-likeness (QED) is 0.509. The van der Waals surface area contributed by atoms with Crippen molar-refractivity contribution in [2.24, 2.45) is 5.73 Å². The maximum absolute atomic E-state index is 13.2. The Hall–Kier alpha value is -3.59. The van der Waals surface area contributed by atoms with Gasteiger partial charge in [0, 0.05) is 17.1 Å². The summed E-state index contributed by atoms with van der Waals surface area (Å²) in [5.41, 5.74) is 7.36. The number of aromatic nitrogens is 4. The highest BCUT2D eigenvalue weighted by Crippen LogP contribution is 2.31. The summed E-state index contributed by atoms with van der Waals surface area (Å²) in [4.78, 5) is 35.7. The molecule has 0 aliphatic carbocycles. The number of nitrogens with one attached hydrogen (secondary N) is 1. The number of primary amides is 1. The first-order chi connectivity index (χ1) is 14.3. The smallest absolute Gasteiger partial charge is 0.269 e. The molecule has 2 amide bonds. The Morgan fingerprint density at radius 2 is 2.03 bits per heavy atom. The zero-order valence-electron chi connectivity index (χ0n) is 16.7. The second kappa shape index (κ2) is 7.68. The van der Waals surface area contributed by atoms with E-state index in [9.17, 15) is 9.59 Å². The van der Waals surface area contributed by atoms with Crippen LogP contribution in [0.5, 0.6) is 0 Å². The summed E-state index contributed by atoms with van der Waals surface area (Å²) in [5.74, 6) is -1.11. The predicted octanol–water partition coefficient (Wildman–Crippen LogP) is 3.80. The van der Waals surface area contributed by atoms with Crippen LogP contribution in [-0.2, 0) is 0 Å². The number of fused-ring (bicyclic) bond motifs is 1. The second-order valence-electron chi connectivity index (χ2n) is 7.10. The lowest BCUT2D eigenvalue weighted by atomic mass is 10.1. The Morgan fingerprint density at radius 1 is 1.23 bits per heavy atom. The van der Waals surface area contributed by atoms with Gasteiger partial charge in [0.15, 0.2) is 11.3 Å². The van der Waals surface area contributed by atoms with Gasteiger partial charge >= 0.3 is 0 Å². The number of hydrogen-bond donors (Lipinski definition) is 2. The van der Waals surface area contributed by atoms with Crippen LogP contribution in [0.3, 0.4) is 0 Å². The molecule has 4 rings (SSSR count). The van der Waals surface area contributed by atoms with Crippen molar-refractivity contribution in [3.63, 3.8) is 0 Å². The number of pyridine rings is 2. The summed E-state index contributed by atoms with van der Waals surface area (Å²) in [6.07, 6.45) is 3.09. The molecule has 9 heteroatoms. The van der Waals surface area contributed by atoms with E-state index in [4.69, 9.17) is 10.7 Å². The maximum atomic E-state index is 13.2. The average Bonchev–Trinajstić information content (AvgIpc) is 3.33. The van der Waals surface area contributed by atoms with E-state index in [-0.39, 0.29) is 17.4 Å². The number of thiophene rings is 1. The van der Waals surface area contributed by atoms with Crippen LogP contribution in [0.15, 0.2) is 42.7 Å². The molecule has 8 nitrogen and oxygen atoms in total. The summed E-state index contributed by atoms with van der Waals surface area (Å²) in [7, 11) is 0. The van der Waals surface area contributed by atoms with Crippen molar-refractivity contribution in [3.8, 4) is 10.6 Å². The topological polar surface area (TPSA) is 116 Å². The third-order valence-corrected chi connectivity index (χ3v) is 5.61. The molecule has 4 aromatic rings. The highest BCUT2D eigenvalue weighted by atomic mass is 32.1. The Bertz CT molecular complexity index is 1270. The number of aryl methyl sites for hydroxylation is 1. The number of rotatable bonds is 5. The van der Waals surface area contributed by atoms with Gasteiger partial charge in [0.05, 0.1) is 33.4 Å². The van der Waals surface area contributed by atoms with E-state index in [1.165, 1.54) is 6.20 Å². The number of hydrogen-bond acceptors (Lipinski definition) is 6. The molecule has 0 saturated heterocycles. The normalized spacial score (nSPS) is 11.2. The van der Waals surface area contributed by atoms with Crippen molar-refractivity contribution in [2.45, 2.75) is 26.8 Å². The fraction of sp³-hybridized carbons (Fsp3) is 0.190. The SMILES string of the molecule is Cc1ccc(-c2cc(C(=O)Nc3cccnc3C(N)=O)c3cnn(C(C)C)c3n2)s1. The zero-order valence-corrected chi connectivity index (χ0v) is 17.5. The minimum absolute atomic E-state index is 0.00290. The lowest BCUT2D eigenvalue weighted by molar-refractivity contribution is 0.0996. The summed E-state index contributed by atoms with van der Waals surface area (Å²) < 4.78 is 1.79. The largest absolute Gasteiger partial charge is 0.364 e. The number of carbonyl (C=O) groups is 2. The van der Waals surface area contributed by atoms with Crippen LogP contribution in [-0.4, -0.2) is 31.6 Å². The van der Waals surface area contributed by atoms with Crippen molar-refractivity contribution < 1.29 is 9.59 Å². The molecule has 3 N–H and O–H groups in total. The van der Waals surface area contributed by atoms with Gasteiger partial charge < -0.3 is 11.1 Å². The van der Waals surface area contributed by atoms with Crippen LogP contribution in [0, 0.1) is 6.92 Å². The average molecular weight is 420 g/mol.